The lowest BCUT2D eigenvalue weighted by atomic mass is 9.86. The largest absolute Gasteiger partial charge is 0.381 e. The van der Waals surface area contributed by atoms with Crippen LogP contribution in [0.4, 0.5) is 0 Å². The number of nitrogens with zero attached hydrogens (tertiary/aromatic N) is 5. The number of likely N-dealkylation sites (N-methyl/N-ethyl adjacent to an activating group) is 1. The van der Waals surface area contributed by atoms with E-state index in [1.54, 1.807) is 6.92 Å². The lowest BCUT2D eigenvalue weighted by Gasteiger charge is -2.39. The summed E-state index contributed by atoms with van der Waals surface area (Å²) in [5.74, 6) is 0.582. The van der Waals surface area contributed by atoms with Crippen LogP contribution in [0.1, 0.15) is 70.3 Å². The van der Waals surface area contributed by atoms with Gasteiger partial charge >= 0.3 is 0 Å². The minimum Gasteiger partial charge on any atom is -0.381 e. The van der Waals surface area contributed by atoms with Crippen molar-refractivity contribution >= 4 is 29.3 Å². The highest BCUT2D eigenvalue weighted by Crippen LogP contribution is 2.40. The highest BCUT2D eigenvalue weighted by Gasteiger charge is 2.50. The monoisotopic (exact) mass is 641 g/mol. The molecule has 6 rings (SSSR count). The summed E-state index contributed by atoms with van der Waals surface area (Å²) in [6, 6.07) is 7.82. The maximum absolute atomic E-state index is 14.9. The lowest BCUT2D eigenvalue weighted by molar-refractivity contribution is -0.147. The Morgan fingerprint density at radius 1 is 0.844 bits per heavy atom. The summed E-state index contributed by atoms with van der Waals surface area (Å²) in [5.41, 5.74) is 1.12. The van der Waals surface area contributed by atoms with Gasteiger partial charge in [0, 0.05) is 89.0 Å². The smallest absolute Gasteiger partial charge is 0.245 e. The molecule has 4 atom stereocenters. The zero-order valence-electron chi connectivity index (χ0n) is 27.4. The van der Waals surface area contributed by atoms with E-state index in [0.717, 1.165) is 76.9 Å². The van der Waals surface area contributed by atoms with Crippen LogP contribution in [0.2, 0.25) is 5.02 Å². The molecule has 9 nitrogen and oxygen atoms in total. The van der Waals surface area contributed by atoms with Crippen LogP contribution in [0.5, 0.6) is 0 Å². The van der Waals surface area contributed by atoms with Gasteiger partial charge in [-0.25, -0.2) is 0 Å². The van der Waals surface area contributed by atoms with Gasteiger partial charge in [-0.3, -0.25) is 19.3 Å². The highest BCUT2D eigenvalue weighted by molar-refractivity contribution is 6.30. The summed E-state index contributed by atoms with van der Waals surface area (Å²) >= 11 is 6.27. The van der Waals surface area contributed by atoms with E-state index in [-0.39, 0.29) is 41.6 Å². The number of ether oxygens (including phenoxy) is 1. The molecule has 3 amide bonds. The molecule has 248 valence electrons. The van der Waals surface area contributed by atoms with Gasteiger partial charge in [-0.1, -0.05) is 30.7 Å². The number of hydrogen-bond acceptors (Lipinski definition) is 6. The van der Waals surface area contributed by atoms with Crippen LogP contribution in [0.15, 0.2) is 24.3 Å². The third-order valence-electron chi connectivity index (χ3n) is 11.5. The molecule has 45 heavy (non-hydrogen) atoms. The van der Waals surface area contributed by atoms with Crippen molar-refractivity contribution in [3.8, 4) is 0 Å². The maximum atomic E-state index is 14.9. The van der Waals surface area contributed by atoms with E-state index in [4.69, 9.17) is 16.3 Å². The van der Waals surface area contributed by atoms with Crippen molar-refractivity contribution < 1.29 is 19.1 Å². The first-order valence-corrected chi connectivity index (χ1v) is 17.7. The topological polar surface area (TPSA) is 76.6 Å². The van der Waals surface area contributed by atoms with Gasteiger partial charge < -0.3 is 24.3 Å². The van der Waals surface area contributed by atoms with E-state index in [1.807, 2.05) is 21.9 Å². The second-order valence-electron chi connectivity index (χ2n) is 14.4. The fourth-order valence-corrected chi connectivity index (χ4v) is 8.88. The minimum absolute atomic E-state index is 0.0137. The molecule has 5 aliphatic rings. The number of piperazine rings is 1. The summed E-state index contributed by atoms with van der Waals surface area (Å²) in [6.45, 7) is 10.4. The highest BCUT2D eigenvalue weighted by atomic mass is 35.5. The van der Waals surface area contributed by atoms with Gasteiger partial charge in [0.25, 0.3) is 0 Å². The number of halogens is 1. The Bertz CT molecular complexity index is 1190. The number of carbonyl (C=O) groups excluding carboxylic acids is 3. The van der Waals surface area contributed by atoms with Crippen LogP contribution in [0.3, 0.4) is 0 Å². The summed E-state index contributed by atoms with van der Waals surface area (Å²) in [6.07, 6.45) is 6.66. The average molecular weight is 642 g/mol. The van der Waals surface area contributed by atoms with E-state index in [1.165, 1.54) is 0 Å². The van der Waals surface area contributed by atoms with E-state index in [9.17, 15) is 14.4 Å². The number of amides is 3. The lowest BCUT2D eigenvalue weighted by Crippen LogP contribution is -2.54. The molecule has 5 fully saturated rings. The first-order chi connectivity index (χ1) is 21.7. The van der Waals surface area contributed by atoms with Crippen molar-refractivity contribution in [2.24, 2.45) is 11.8 Å². The number of benzene rings is 1. The van der Waals surface area contributed by atoms with Gasteiger partial charge in [-0.2, -0.15) is 0 Å². The predicted octanol–water partition coefficient (Wildman–Crippen LogP) is 3.71. The zero-order chi connectivity index (χ0) is 31.7. The van der Waals surface area contributed by atoms with E-state index < -0.39 is 6.04 Å². The fraction of sp³-hybridized carbons (Fsp3) is 0.743. The van der Waals surface area contributed by atoms with Gasteiger partial charge in [-0.15, -0.1) is 0 Å². The molecule has 4 aliphatic heterocycles. The number of likely N-dealkylation sites (tertiary alicyclic amines) is 2. The van der Waals surface area contributed by atoms with Gasteiger partial charge in [0.2, 0.25) is 17.7 Å². The normalized spacial score (nSPS) is 32.2. The zero-order valence-corrected chi connectivity index (χ0v) is 28.2. The van der Waals surface area contributed by atoms with Crippen LogP contribution in [0, 0.1) is 11.8 Å². The molecule has 4 saturated heterocycles. The number of hydrogen-bond donors (Lipinski definition) is 0. The molecule has 0 aromatic heterocycles. The van der Waals surface area contributed by atoms with Crippen molar-refractivity contribution in [1.82, 2.24) is 24.5 Å². The second kappa shape index (κ2) is 14.3. The van der Waals surface area contributed by atoms with Gasteiger partial charge in [0.05, 0.1) is 12.0 Å². The van der Waals surface area contributed by atoms with Crippen molar-refractivity contribution in [3.05, 3.63) is 34.9 Å². The molecule has 4 heterocycles. The average Bonchev–Trinajstić information content (AvgIpc) is 3.68. The molecular formula is C35H52ClN5O4. The van der Waals surface area contributed by atoms with E-state index in [2.05, 4.69) is 40.8 Å². The van der Waals surface area contributed by atoms with Crippen molar-refractivity contribution in [2.45, 2.75) is 88.9 Å². The molecular weight excluding hydrogens is 590 g/mol. The van der Waals surface area contributed by atoms with Crippen molar-refractivity contribution in [3.63, 3.8) is 0 Å². The molecule has 0 bridgehead atoms. The standard InChI is InChI=1S/C35H52ClN5O4/c1-24-4-10-29(11-5-24)41(25(2)42)30-20-33(35(44)38-16-14-37(3)15-17-38)40(21-30)34(43)32-23-39(28-12-18-45-19-13-28)22-31(32)26-6-8-27(36)9-7-26/h6-9,24,28-33H,4-5,10-23H2,1-3H3/t24?,29?,30-,31-,32+,33+/m0/s1. The summed E-state index contributed by atoms with van der Waals surface area (Å²) in [7, 11) is 2.08. The third-order valence-corrected chi connectivity index (χ3v) is 11.7. The van der Waals surface area contributed by atoms with Gasteiger partial charge in [-0.05, 0) is 75.6 Å². The van der Waals surface area contributed by atoms with Crippen LogP contribution in [-0.2, 0) is 19.1 Å². The Balaban J connectivity index is 1.29. The van der Waals surface area contributed by atoms with Crippen LogP contribution < -0.4 is 0 Å². The third kappa shape index (κ3) is 7.21. The van der Waals surface area contributed by atoms with E-state index >= 15 is 0 Å². The van der Waals surface area contributed by atoms with Crippen LogP contribution >= 0.6 is 11.6 Å². The predicted molar refractivity (Wildman–Crippen MR) is 175 cm³/mol. The quantitative estimate of drug-likeness (QED) is 0.472. The Morgan fingerprint density at radius 2 is 1.51 bits per heavy atom. The molecule has 1 saturated carbocycles. The van der Waals surface area contributed by atoms with Crippen LogP contribution in [-0.4, -0.2) is 132 Å². The summed E-state index contributed by atoms with van der Waals surface area (Å²) in [4.78, 5) is 53.0. The Morgan fingerprint density at radius 3 is 2.16 bits per heavy atom. The first kappa shape index (κ1) is 32.7. The molecule has 0 radical (unpaired) electrons. The van der Waals surface area contributed by atoms with Gasteiger partial charge in [0.15, 0.2) is 0 Å². The minimum atomic E-state index is -0.543. The molecule has 0 spiro atoms. The van der Waals surface area contributed by atoms with E-state index in [0.29, 0.717) is 49.6 Å². The molecule has 1 aromatic rings. The SMILES string of the molecule is CC(=O)N(C1CCC(C)CC1)[C@H]1C[C@H](C(=O)N2CCN(C)CC2)N(C(=O)[C@@H]2CN(C3CCOCC3)C[C@H]2c2ccc(Cl)cc2)C1. The molecule has 0 unspecified atom stereocenters. The summed E-state index contributed by atoms with van der Waals surface area (Å²) < 4.78 is 5.66. The van der Waals surface area contributed by atoms with Crippen molar-refractivity contribution in [1.29, 1.82) is 0 Å². The Hall–Kier alpha value is -2.20. The fourth-order valence-electron chi connectivity index (χ4n) is 8.76. The van der Waals surface area contributed by atoms with Crippen LogP contribution in [0.25, 0.3) is 0 Å². The molecule has 1 aliphatic carbocycles. The number of rotatable bonds is 6. The summed E-state index contributed by atoms with van der Waals surface area (Å²) in [5, 5.41) is 0.683. The Labute approximate surface area is 274 Å². The van der Waals surface area contributed by atoms with Gasteiger partial charge in [0.1, 0.15) is 6.04 Å². The molecule has 1 aromatic carbocycles. The molecule has 10 heteroatoms. The molecule has 0 N–H and O–H groups in total. The second-order valence-corrected chi connectivity index (χ2v) is 14.9. The Kier molecular flexibility index (Phi) is 10.4. The first-order valence-electron chi connectivity index (χ1n) is 17.3. The number of carbonyl (C=O) groups is 3. The van der Waals surface area contributed by atoms with Crippen molar-refractivity contribution in [2.75, 3.05) is 66.1 Å². The maximum Gasteiger partial charge on any atom is 0.245 e.